The third kappa shape index (κ3) is 15.6. The minimum atomic E-state index is -0.349. The predicted molar refractivity (Wildman–Crippen MR) is 336 cm³/mol. The Morgan fingerprint density at radius 1 is 0.523 bits per heavy atom. The van der Waals surface area contributed by atoms with Gasteiger partial charge in [-0.3, -0.25) is 29.7 Å². The van der Waals surface area contributed by atoms with Crippen LogP contribution in [0.4, 0.5) is 22.7 Å². The van der Waals surface area contributed by atoms with Crippen molar-refractivity contribution in [2.45, 2.75) is 39.3 Å². The van der Waals surface area contributed by atoms with Gasteiger partial charge in [-0.15, -0.1) is 35.3 Å². The summed E-state index contributed by atoms with van der Waals surface area (Å²) >= 11 is 16.4. The molecule has 12 rings (SSSR count). The van der Waals surface area contributed by atoms with E-state index in [1.54, 1.807) is 96.3 Å². The van der Waals surface area contributed by atoms with Crippen LogP contribution in [-0.2, 0) is 17.3 Å². The fourth-order valence-corrected chi connectivity index (χ4v) is 11.1. The van der Waals surface area contributed by atoms with Gasteiger partial charge in [-0.05, 0) is 108 Å². The van der Waals surface area contributed by atoms with Crippen molar-refractivity contribution in [3.63, 3.8) is 0 Å². The molecular formula is C58H47Cl2N19O4S3. The second kappa shape index (κ2) is 28.1. The van der Waals surface area contributed by atoms with E-state index in [1.807, 2.05) is 79.7 Å². The molecule has 86 heavy (non-hydrogen) atoms. The second-order valence-corrected chi connectivity index (χ2v) is 22.0. The van der Waals surface area contributed by atoms with E-state index >= 15 is 0 Å². The number of aryl methyl sites for hydroxylation is 1. The van der Waals surface area contributed by atoms with E-state index in [2.05, 4.69) is 86.4 Å². The number of carbonyl (C=O) groups is 3. The number of nitrogens with one attached hydrogen (secondary N) is 6. The van der Waals surface area contributed by atoms with Gasteiger partial charge < -0.3 is 32.5 Å². The Labute approximate surface area is 511 Å². The molecule has 28 heteroatoms. The number of nitrogens with zero attached hydrogens (tertiary/aromatic N) is 11. The number of benzene rings is 5. The van der Waals surface area contributed by atoms with Gasteiger partial charge in [0.1, 0.15) is 45.0 Å². The van der Waals surface area contributed by atoms with Crippen LogP contribution in [-0.4, -0.2) is 94.3 Å². The Morgan fingerprint density at radius 3 is 1.40 bits per heavy atom. The van der Waals surface area contributed by atoms with E-state index < -0.39 is 0 Å². The summed E-state index contributed by atoms with van der Waals surface area (Å²) in [4.78, 5) is 70.6. The maximum atomic E-state index is 12.5. The lowest BCUT2D eigenvalue weighted by Crippen LogP contribution is -2.21. The van der Waals surface area contributed by atoms with E-state index in [0.717, 1.165) is 53.5 Å². The van der Waals surface area contributed by atoms with Crippen LogP contribution in [0, 0.1) is 6.92 Å². The first kappa shape index (κ1) is 59.2. The smallest absolute Gasteiger partial charge is 0.259 e. The number of fused-ring (bicyclic) bond motifs is 3. The first-order valence-corrected chi connectivity index (χ1v) is 29.3. The van der Waals surface area contributed by atoms with Crippen molar-refractivity contribution < 1.29 is 19.5 Å². The number of pyridine rings is 1. The number of anilines is 3. The number of thioether (sulfide) groups is 3. The molecule has 0 unspecified atom stereocenters. The third-order valence-corrected chi connectivity index (χ3v) is 16.1. The zero-order chi connectivity index (χ0) is 59.9. The zero-order valence-electron chi connectivity index (χ0n) is 44.9. The first-order chi connectivity index (χ1) is 41.8. The van der Waals surface area contributed by atoms with Gasteiger partial charge in [0.25, 0.3) is 17.7 Å². The van der Waals surface area contributed by atoms with Crippen molar-refractivity contribution in [2.75, 3.05) is 16.0 Å². The summed E-state index contributed by atoms with van der Waals surface area (Å²) in [5.74, 6) is 1.10. The average Bonchev–Trinajstić information content (AvgIpc) is 4.34. The van der Waals surface area contributed by atoms with Crippen molar-refractivity contribution in [3.8, 4) is 5.75 Å². The molecule has 11 N–H and O–H groups in total. The summed E-state index contributed by atoms with van der Waals surface area (Å²) in [6.07, 6.45) is 11.0. The number of H-pyrrole nitrogens is 3. The van der Waals surface area contributed by atoms with Gasteiger partial charge >= 0.3 is 0 Å². The SMILES string of the molecule is Cc1ccc(C(=O)Nc2cccc(CSc3ncnc4[nH]ncc34)c2)c(O)c1.NC(N)=Nc1ccc(C(=O)Nc2cccc(CSc3ncnc4[nH]ncc34)c2)cc1.O=C(Nc1cccc(CSc2ncnc3[nH]ncc23)c1)c1cnc(Cl)c(Cl)c1. The molecule has 0 fully saturated rings. The van der Waals surface area contributed by atoms with E-state index in [1.165, 1.54) is 31.2 Å². The molecule has 0 saturated carbocycles. The minimum Gasteiger partial charge on any atom is -0.507 e. The van der Waals surface area contributed by atoms with E-state index in [0.29, 0.717) is 68.1 Å². The van der Waals surface area contributed by atoms with Crippen LogP contribution in [0.3, 0.4) is 0 Å². The summed E-state index contributed by atoms with van der Waals surface area (Å²) in [7, 11) is 0. The lowest BCUT2D eigenvalue weighted by molar-refractivity contribution is 0.101. The molecule has 0 aliphatic rings. The Balaban J connectivity index is 0.000000143. The van der Waals surface area contributed by atoms with Crippen LogP contribution in [0.5, 0.6) is 5.75 Å². The number of carbonyl (C=O) groups excluding carboxylic acids is 3. The number of hydrogen-bond acceptors (Lipinski definition) is 18. The van der Waals surface area contributed by atoms with E-state index in [4.69, 9.17) is 34.7 Å². The number of aromatic nitrogens is 13. The van der Waals surface area contributed by atoms with Crippen molar-refractivity contribution in [2.24, 2.45) is 16.5 Å². The molecule has 0 bridgehead atoms. The monoisotopic (exact) mass is 1240 g/mol. The topological polar surface area (TPSA) is 348 Å². The molecule has 23 nitrogen and oxygen atoms in total. The van der Waals surface area contributed by atoms with Crippen LogP contribution < -0.4 is 27.4 Å². The minimum absolute atomic E-state index is 0.0302. The Hall–Kier alpha value is -9.99. The van der Waals surface area contributed by atoms with Gasteiger partial charge in [0.05, 0.1) is 56.6 Å². The van der Waals surface area contributed by atoms with Gasteiger partial charge in [0.15, 0.2) is 22.9 Å². The van der Waals surface area contributed by atoms with Crippen LogP contribution >= 0.6 is 58.5 Å². The van der Waals surface area contributed by atoms with Crippen molar-refractivity contribution in [3.05, 3.63) is 214 Å². The number of nitrogens with two attached hydrogens (primary N) is 2. The standard InChI is InChI=1S/C20H18N8OS.C20H17N5O2S.C18H12Cl2N6OS/c21-20(22)27-14-6-4-13(5-7-14)18(29)26-15-3-1-2-12(8-15)10-30-19-16-9-25-28-17(16)23-11-24-19;1-12-5-6-15(17(26)7-12)19(27)24-14-4-2-3-13(8-14)10-28-20-16-9-23-25-18(16)21-11-22-20;19-14-5-11(6-21-15(14)20)17(27)25-12-3-1-2-10(4-12)8-28-18-13-7-24-26-16(13)22-9-23-18/h1-9,11H,10H2,(H,26,29)(H4,21,22,27)(H,23,24,25,28);2-9,11,26H,10H2,1H3,(H,24,27)(H,21,22,23,25);1-7,9H,8H2,(H,25,27)(H,22,23,24,26). The molecule has 3 amide bonds. The highest BCUT2D eigenvalue weighted by molar-refractivity contribution is 7.99. The fraction of sp³-hybridized carbons (Fsp3) is 0.0690. The fourth-order valence-electron chi connectivity index (χ4n) is 8.07. The summed E-state index contributed by atoms with van der Waals surface area (Å²) in [6.45, 7) is 1.86. The molecular weight excluding hydrogens is 1190 g/mol. The number of phenolic OH excluding ortho intramolecular Hbond substituents is 1. The summed E-state index contributed by atoms with van der Waals surface area (Å²) in [5.41, 5.74) is 20.6. The second-order valence-electron chi connectivity index (χ2n) is 18.4. The van der Waals surface area contributed by atoms with Crippen molar-refractivity contribution in [1.82, 2.24) is 65.5 Å². The van der Waals surface area contributed by atoms with Gasteiger partial charge in [0, 0.05) is 46.1 Å². The number of aromatic amines is 3. The van der Waals surface area contributed by atoms with Crippen LogP contribution in [0.15, 0.2) is 185 Å². The molecule has 7 aromatic heterocycles. The lowest BCUT2D eigenvalue weighted by atomic mass is 10.1. The number of rotatable bonds is 16. The summed E-state index contributed by atoms with van der Waals surface area (Å²) < 4.78 is 0. The molecule has 12 aromatic rings. The third-order valence-electron chi connectivity index (χ3n) is 12.2. The lowest BCUT2D eigenvalue weighted by Gasteiger charge is -2.09. The number of amides is 3. The highest BCUT2D eigenvalue weighted by Gasteiger charge is 2.15. The van der Waals surface area contributed by atoms with Gasteiger partial charge in [-0.2, -0.15) is 15.3 Å². The largest absolute Gasteiger partial charge is 0.507 e. The molecule has 0 aliphatic carbocycles. The van der Waals surface area contributed by atoms with Crippen molar-refractivity contribution in [1.29, 1.82) is 0 Å². The van der Waals surface area contributed by atoms with Gasteiger partial charge in [0.2, 0.25) is 0 Å². The number of aliphatic imine (C=N–C) groups is 1. The first-order valence-electron chi connectivity index (χ1n) is 25.6. The number of halogens is 2. The number of aromatic hydroxyl groups is 1. The van der Waals surface area contributed by atoms with Gasteiger partial charge in [-0.25, -0.2) is 39.9 Å². The molecule has 5 aromatic carbocycles. The molecule has 430 valence electrons. The Morgan fingerprint density at radius 2 is 0.965 bits per heavy atom. The molecule has 0 spiro atoms. The molecule has 0 aliphatic heterocycles. The summed E-state index contributed by atoms with van der Waals surface area (Å²) in [6, 6.07) is 36.0. The molecule has 7 heterocycles. The predicted octanol–water partition coefficient (Wildman–Crippen LogP) is 11.3. The number of phenols is 1. The zero-order valence-corrected chi connectivity index (χ0v) is 48.9. The quantitative estimate of drug-likeness (QED) is 0.0143. The van der Waals surface area contributed by atoms with Crippen LogP contribution in [0.2, 0.25) is 10.2 Å². The molecule has 0 saturated heterocycles. The Bertz CT molecular complexity index is 4430. The highest BCUT2D eigenvalue weighted by atomic mass is 35.5. The van der Waals surface area contributed by atoms with Crippen molar-refractivity contribution >= 4 is 138 Å². The van der Waals surface area contributed by atoms with E-state index in [-0.39, 0.29) is 45.2 Å². The van der Waals surface area contributed by atoms with Crippen LogP contribution in [0.1, 0.15) is 53.3 Å². The maximum absolute atomic E-state index is 12.5. The van der Waals surface area contributed by atoms with E-state index in [9.17, 15) is 19.5 Å². The maximum Gasteiger partial charge on any atom is 0.259 e. The summed E-state index contributed by atoms with van der Waals surface area (Å²) in [5, 5.41) is 44.6. The number of hydrogen-bond donors (Lipinski definition) is 9. The number of guanidine groups is 1. The van der Waals surface area contributed by atoms with Gasteiger partial charge in [-0.1, -0.05) is 65.7 Å². The highest BCUT2D eigenvalue weighted by Crippen LogP contribution is 2.31. The Kier molecular flexibility index (Phi) is 19.3. The molecule has 0 atom stereocenters. The molecule has 0 radical (unpaired) electrons. The van der Waals surface area contributed by atoms with Crippen LogP contribution in [0.25, 0.3) is 33.1 Å². The average molecular weight is 1240 g/mol. The normalized spacial score (nSPS) is 10.8.